The molecule has 0 aliphatic rings. The van der Waals surface area contributed by atoms with E-state index in [4.69, 9.17) is 11.6 Å². The molecule has 0 unspecified atom stereocenters. The zero-order valence-corrected chi connectivity index (χ0v) is 12.9. The highest BCUT2D eigenvalue weighted by Gasteiger charge is 2.07. The molecule has 2 rings (SSSR count). The number of nitrogens with zero attached hydrogens (tertiary/aromatic N) is 1. The van der Waals surface area contributed by atoms with E-state index in [1.165, 1.54) is 0 Å². The lowest BCUT2D eigenvalue weighted by atomic mass is 10.3. The van der Waals surface area contributed by atoms with Crippen molar-refractivity contribution in [2.45, 2.75) is 10.6 Å². The summed E-state index contributed by atoms with van der Waals surface area (Å²) in [5.74, 6) is 5.34. The second-order valence-electron chi connectivity index (χ2n) is 3.97. The van der Waals surface area contributed by atoms with Crippen molar-refractivity contribution in [2.24, 2.45) is 5.84 Å². The number of thioether (sulfide) groups is 1. The van der Waals surface area contributed by atoms with Gasteiger partial charge in [-0.25, -0.2) is 10.8 Å². The van der Waals surface area contributed by atoms with Crippen LogP contribution in [0.15, 0.2) is 45.8 Å². The van der Waals surface area contributed by atoms with Crippen molar-refractivity contribution >= 4 is 39.3 Å². The summed E-state index contributed by atoms with van der Waals surface area (Å²) in [5, 5.41) is 0. The number of nitrogens with two attached hydrogens (primary N) is 2. The minimum atomic E-state index is -0.398. The molecule has 1 aromatic carbocycles. The summed E-state index contributed by atoms with van der Waals surface area (Å²) in [6.07, 6.45) is 0. The highest BCUT2D eigenvalue weighted by molar-refractivity contribution is 9.10. The summed E-state index contributed by atoms with van der Waals surface area (Å²) in [6, 6.07) is 10.9. The number of amides is 1. The Labute approximate surface area is 129 Å². The van der Waals surface area contributed by atoms with E-state index in [2.05, 4.69) is 26.3 Å². The van der Waals surface area contributed by atoms with Gasteiger partial charge in [-0.05, 0) is 46.3 Å². The number of carbonyl (C=O) groups excluding carboxylic acids is 1. The van der Waals surface area contributed by atoms with Crippen LogP contribution in [0.2, 0.25) is 0 Å². The largest absolute Gasteiger partial charge is 0.399 e. The van der Waals surface area contributed by atoms with Gasteiger partial charge in [0.25, 0.3) is 5.91 Å². The molecule has 20 heavy (non-hydrogen) atoms. The van der Waals surface area contributed by atoms with E-state index >= 15 is 0 Å². The smallest absolute Gasteiger partial charge is 0.283 e. The number of anilines is 1. The van der Waals surface area contributed by atoms with Gasteiger partial charge >= 0.3 is 0 Å². The van der Waals surface area contributed by atoms with Gasteiger partial charge in [-0.15, -0.1) is 11.8 Å². The van der Waals surface area contributed by atoms with E-state index in [9.17, 15) is 4.79 Å². The summed E-state index contributed by atoms with van der Waals surface area (Å²) in [4.78, 5) is 16.7. The number of hydrogen-bond acceptors (Lipinski definition) is 5. The van der Waals surface area contributed by atoms with Crippen LogP contribution < -0.4 is 17.0 Å². The minimum absolute atomic E-state index is 0.307. The Kier molecular flexibility index (Phi) is 4.99. The summed E-state index contributed by atoms with van der Waals surface area (Å²) < 4.78 is 0.943. The standard InChI is InChI=1S/C13H13BrN4OS/c14-10-6-8(15)4-5-12(10)20-7-9-2-1-3-11(17-9)13(19)18-16/h1-6H,7,15-16H2,(H,18,19). The van der Waals surface area contributed by atoms with Crippen molar-refractivity contribution in [2.75, 3.05) is 5.73 Å². The van der Waals surface area contributed by atoms with Crippen molar-refractivity contribution in [3.8, 4) is 0 Å². The van der Waals surface area contributed by atoms with Crippen LogP contribution in [0.1, 0.15) is 16.2 Å². The van der Waals surface area contributed by atoms with Gasteiger partial charge in [0.15, 0.2) is 0 Å². The number of rotatable bonds is 4. The molecule has 0 spiro atoms. The molecule has 2 aromatic rings. The Balaban J connectivity index is 2.09. The Hall–Kier alpha value is -1.57. The van der Waals surface area contributed by atoms with Gasteiger partial charge in [0.1, 0.15) is 5.69 Å². The third-order valence-corrected chi connectivity index (χ3v) is 4.53. The Morgan fingerprint density at radius 2 is 2.15 bits per heavy atom. The third-order valence-electron chi connectivity index (χ3n) is 2.50. The molecule has 0 aliphatic heterocycles. The molecule has 0 radical (unpaired) electrons. The van der Waals surface area contributed by atoms with E-state index in [-0.39, 0.29) is 0 Å². The Morgan fingerprint density at radius 3 is 2.85 bits per heavy atom. The lowest BCUT2D eigenvalue weighted by molar-refractivity contribution is 0.0948. The van der Waals surface area contributed by atoms with Crippen molar-refractivity contribution in [1.29, 1.82) is 0 Å². The molecule has 7 heteroatoms. The van der Waals surface area contributed by atoms with E-state index < -0.39 is 5.91 Å². The van der Waals surface area contributed by atoms with Gasteiger partial charge in [-0.1, -0.05) is 6.07 Å². The van der Waals surface area contributed by atoms with E-state index in [1.54, 1.807) is 23.9 Å². The van der Waals surface area contributed by atoms with E-state index in [0.717, 1.165) is 15.1 Å². The first kappa shape index (κ1) is 14.8. The number of hydrazine groups is 1. The van der Waals surface area contributed by atoms with Gasteiger partial charge in [-0.3, -0.25) is 10.2 Å². The molecular formula is C13H13BrN4OS. The molecule has 5 N–H and O–H groups in total. The van der Waals surface area contributed by atoms with Gasteiger partial charge in [-0.2, -0.15) is 0 Å². The fourth-order valence-corrected chi connectivity index (χ4v) is 3.11. The SMILES string of the molecule is NNC(=O)c1cccc(CSc2ccc(N)cc2Br)n1. The highest BCUT2D eigenvalue weighted by atomic mass is 79.9. The lowest BCUT2D eigenvalue weighted by Crippen LogP contribution is -2.30. The van der Waals surface area contributed by atoms with Crippen molar-refractivity contribution < 1.29 is 4.79 Å². The van der Waals surface area contributed by atoms with Crippen LogP contribution in [-0.4, -0.2) is 10.9 Å². The fraction of sp³-hybridized carbons (Fsp3) is 0.0769. The van der Waals surface area contributed by atoms with Gasteiger partial charge < -0.3 is 5.73 Å². The van der Waals surface area contributed by atoms with Crippen molar-refractivity contribution in [1.82, 2.24) is 10.4 Å². The molecular weight excluding hydrogens is 340 g/mol. The summed E-state index contributed by atoms with van der Waals surface area (Å²) in [7, 11) is 0. The normalized spacial score (nSPS) is 10.3. The lowest BCUT2D eigenvalue weighted by Gasteiger charge is -2.06. The molecule has 5 nitrogen and oxygen atoms in total. The summed E-state index contributed by atoms with van der Waals surface area (Å²) in [5.41, 5.74) is 9.59. The zero-order chi connectivity index (χ0) is 14.5. The second-order valence-corrected chi connectivity index (χ2v) is 5.84. The number of hydrogen-bond donors (Lipinski definition) is 3. The maximum atomic E-state index is 11.4. The monoisotopic (exact) mass is 352 g/mol. The Bertz CT molecular complexity index is 636. The molecule has 1 aromatic heterocycles. The second kappa shape index (κ2) is 6.74. The van der Waals surface area contributed by atoms with Crippen molar-refractivity contribution in [3.63, 3.8) is 0 Å². The zero-order valence-electron chi connectivity index (χ0n) is 10.5. The summed E-state index contributed by atoms with van der Waals surface area (Å²) >= 11 is 5.08. The molecule has 0 fully saturated rings. The average molecular weight is 353 g/mol. The van der Waals surface area contributed by atoms with Gasteiger partial charge in [0.05, 0.1) is 5.69 Å². The predicted octanol–water partition coefficient (Wildman–Crippen LogP) is 2.32. The van der Waals surface area contributed by atoms with Crippen LogP contribution in [0.5, 0.6) is 0 Å². The fourth-order valence-electron chi connectivity index (χ4n) is 1.55. The number of halogens is 1. The number of pyridine rings is 1. The first-order chi connectivity index (χ1) is 9.60. The topological polar surface area (TPSA) is 94.0 Å². The van der Waals surface area contributed by atoms with Crippen LogP contribution in [0.4, 0.5) is 5.69 Å². The molecule has 0 aliphatic carbocycles. The molecule has 0 bridgehead atoms. The van der Waals surface area contributed by atoms with Gasteiger partial charge in [0, 0.05) is 20.8 Å². The van der Waals surface area contributed by atoms with Crippen LogP contribution in [0.25, 0.3) is 0 Å². The quantitative estimate of drug-likeness (QED) is 0.258. The van der Waals surface area contributed by atoms with Crippen LogP contribution in [0.3, 0.4) is 0 Å². The maximum Gasteiger partial charge on any atom is 0.283 e. The van der Waals surface area contributed by atoms with Crippen LogP contribution in [0, 0.1) is 0 Å². The van der Waals surface area contributed by atoms with Gasteiger partial charge in [0.2, 0.25) is 0 Å². The van der Waals surface area contributed by atoms with Crippen molar-refractivity contribution in [3.05, 3.63) is 52.3 Å². The molecule has 0 atom stereocenters. The molecule has 0 saturated heterocycles. The average Bonchev–Trinajstić information content (AvgIpc) is 2.46. The minimum Gasteiger partial charge on any atom is -0.399 e. The Morgan fingerprint density at radius 1 is 1.35 bits per heavy atom. The molecule has 1 heterocycles. The first-order valence-corrected chi connectivity index (χ1v) is 7.52. The summed E-state index contributed by atoms with van der Waals surface area (Å²) in [6.45, 7) is 0. The number of aromatic nitrogens is 1. The third kappa shape index (κ3) is 3.72. The number of benzene rings is 1. The predicted molar refractivity (Wildman–Crippen MR) is 84.0 cm³/mol. The highest BCUT2D eigenvalue weighted by Crippen LogP contribution is 2.31. The van der Waals surface area contributed by atoms with Crippen LogP contribution in [-0.2, 0) is 5.75 Å². The number of nitrogens with one attached hydrogen (secondary N) is 1. The van der Waals surface area contributed by atoms with Crippen LogP contribution >= 0.6 is 27.7 Å². The molecule has 104 valence electrons. The number of carbonyl (C=O) groups is 1. The maximum absolute atomic E-state index is 11.4. The molecule has 1 amide bonds. The molecule has 0 saturated carbocycles. The van der Waals surface area contributed by atoms with E-state index in [1.807, 2.05) is 24.3 Å². The first-order valence-electron chi connectivity index (χ1n) is 5.75. The number of nitrogen functional groups attached to an aromatic ring is 2. The van der Waals surface area contributed by atoms with E-state index in [0.29, 0.717) is 17.1 Å².